The Bertz CT molecular complexity index is 570. The van der Waals surface area contributed by atoms with Crippen molar-refractivity contribution in [1.29, 1.82) is 0 Å². The van der Waals surface area contributed by atoms with Gasteiger partial charge in [-0.15, -0.1) is 0 Å². The van der Waals surface area contributed by atoms with E-state index in [0.717, 1.165) is 50.2 Å². The number of piperazine rings is 1. The zero-order valence-corrected chi connectivity index (χ0v) is 11.3. The lowest BCUT2D eigenvalue weighted by atomic mass is 10.1. The number of benzene rings is 1. The summed E-state index contributed by atoms with van der Waals surface area (Å²) in [7, 11) is 0. The lowest BCUT2D eigenvalue weighted by molar-refractivity contribution is 0.244. The van der Waals surface area contributed by atoms with Crippen molar-refractivity contribution in [3.05, 3.63) is 35.3 Å². The van der Waals surface area contributed by atoms with Crippen molar-refractivity contribution in [2.75, 3.05) is 32.7 Å². The van der Waals surface area contributed by atoms with Crippen molar-refractivity contribution in [3.63, 3.8) is 0 Å². The molecule has 1 aliphatic rings. The lowest BCUT2D eigenvalue weighted by Gasteiger charge is -2.27. The first-order valence-corrected chi connectivity index (χ1v) is 6.94. The van der Waals surface area contributed by atoms with E-state index in [1.165, 1.54) is 11.6 Å². The van der Waals surface area contributed by atoms with Gasteiger partial charge in [-0.25, -0.2) is 4.39 Å². The predicted molar refractivity (Wildman–Crippen MR) is 76.0 cm³/mol. The third-order valence-corrected chi connectivity index (χ3v) is 3.99. The van der Waals surface area contributed by atoms with E-state index in [2.05, 4.69) is 15.2 Å². The van der Waals surface area contributed by atoms with Gasteiger partial charge in [0.25, 0.3) is 0 Å². The second kappa shape index (κ2) is 5.31. The predicted octanol–water partition coefficient (Wildman–Crippen LogP) is 2.06. The van der Waals surface area contributed by atoms with Crippen molar-refractivity contribution in [2.24, 2.45) is 0 Å². The second-order valence-electron chi connectivity index (χ2n) is 5.23. The molecule has 0 unspecified atom stereocenters. The van der Waals surface area contributed by atoms with Gasteiger partial charge in [0.15, 0.2) is 0 Å². The van der Waals surface area contributed by atoms with Crippen LogP contribution in [0.3, 0.4) is 0 Å². The van der Waals surface area contributed by atoms with Crippen LogP contribution in [0.2, 0.25) is 0 Å². The number of aromatic nitrogens is 1. The first-order chi connectivity index (χ1) is 9.25. The maximum atomic E-state index is 13.7. The summed E-state index contributed by atoms with van der Waals surface area (Å²) >= 11 is 0. The summed E-state index contributed by atoms with van der Waals surface area (Å²) in [5, 5.41) is 4.39. The average molecular weight is 261 g/mol. The van der Waals surface area contributed by atoms with Crippen LogP contribution in [0.5, 0.6) is 0 Å². The van der Waals surface area contributed by atoms with Crippen molar-refractivity contribution < 1.29 is 4.39 Å². The molecule has 1 aromatic carbocycles. The Hall–Kier alpha value is -1.39. The Morgan fingerprint density at radius 1 is 1.26 bits per heavy atom. The van der Waals surface area contributed by atoms with Gasteiger partial charge in [0.2, 0.25) is 0 Å². The molecule has 0 atom stereocenters. The van der Waals surface area contributed by atoms with Crippen LogP contribution in [-0.4, -0.2) is 42.6 Å². The molecule has 1 fully saturated rings. The summed E-state index contributed by atoms with van der Waals surface area (Å²) in [6, 6.07) is 5.31. The normalized spacial score (nSPS) is 17.2. The molecule has 102 valence electrons. The van der Waals surface area contributed by atoms with Crippen molar-refractivity contribution >= 4 is 10.9 Å². The van der Waals surface area contributed by atoms with Gasteiger partial charge in [0.1, 0.15) is 5.82 Å². The van der Waals surface area contributed by atoms with E-state index in [0.29, 0.717) is 5.52 Å². The van der Waals surface area contributed by atoms with Crippen LogP contribution in [-0.2, 0) is 6.42 Å². The number of nitrogens with one attached hydrogen (secondary N) is 2. The molecule has 0 saturated carbocycles. The first kappa shape index (κ1) is 12.6. The number of hydrogen-bond donors (Lipinski definition) is 2. The molecule has 0 spiro atoms. The highest BCUT2D eigenvalue weighted by Gasteiger charge is 2.14. The fourth-order valence-electron chi connectivity index (χ4n) is 2.89. The molecule has 4 heteroatoms. The number of para-hydroxylation sites is 1. The molecule has 0 aliphatic carbocycles. The Kier molecular flexibility index (Phi) is 3.53. The molecule has 1 saturated heterocycles. The van der Waals surface area contributed by atoms with E-state index in [-0.39, 0.29) is 5.82 Å². The smallest absolute Gasteiger partial charge is 0.147 e. The van der Waals surface area contributed by atoms with Gasteiger partial charge in [0, 0.05) is 43.8 Å². The third-order valence-electron chi connectivity index (χ3n) is 3.99. The van der Waals surface area contributed by atoms with Crippen LogP contribution in [0.15, 0.2) is 18.2 Å². The van der Waals surface area contributed by atoms with Gasteiger partial charge in [-0.2, -0.15) is 0 Å². The molecule has 2 heterocycles. The monoisotopic (exact) mass is 261 g/mol. The fraction of sp³-hybridized carbons (Fsp3) is 0.467. The number of nitrogens with zero attached hydrogens (tertiary/aromatic N) is 1. The average Bonchev–Trinajstić information content (AvgIpc) is 2.75. The number of H-pyrrole nitrogens is 1. The summed E-state index contributed by atoms with van der Waals surface area (Å²) in [5.74, 6) is -0.158. The van der Waals surface area contributed by atoms with E-state index in [1.54, 1.807) is 6.07 Å². The second-order valence-corrected chi connectivity index (χ2v) is 5.23. The number of aromatic amines is 1. The summed E-state index contributed by atoms with van der Waals surface area (Å²) in [4.78, 5) is 5.64. The SMILES string of the molecule is Cc1[nH]c2c(F)cccc2c1CCN1CCNCC1. The Labute approximate surface area is 112 Å². The fourth-order valence-corrected chi connectivity index (χ4v) is 2.89. The molecule has 3 nitrogen and oxygen atoms in total. The molecule has 0 radical (unpaired) electrons. The molecule has 19 heavy (non-hydrogen) atoms. The lowest BCUT2D eigenvalue weighted by Crippen LogP contribution is -2.44. The standard InChI is InChI=1S/C15H20FN3/c1-11-12(5-8-19-9-6-17-7-10-19)13-3-2-4-14(16)15(13)18-11/h2-4,17-18H,5-10H2,1H3. The van der Waals surface area contributed by atoms with Gasteiger partial charge >= 0.3 is 0 Å². The Balaban J connectivity index is 1.80. The molecule has 2 aromatic rings. The van der Waals surface area contributed by atoms with Gasteiger partial charge in [-0.1, -0.05) is 12.1 Å². The minimum atomic E-state index is -0.158. The van der Waals surface area contributed by atoms with Crippen molar-refractivity contribution in [3.8, 4) is 0 Å². The van der Waals surface area contributed by atoms with Crippen LogP contribution >= 0.6 is 0 Å². The van der Waals surface area contributed by atoms with E-state index in [4.69, 9.17) is 0 Å². The molecule has 0 bridgehead atoms. The van der Waals surface area contributed by atoms with Gasteiger partial charge in [-0.05, 0) is 25.0 Å². The van der Waals surface area contributed by atoms with E-state index in [9.17, 15) is 4.39 Å². The van der Waals surface area contributed by atoms with E-state index < -0.39 is 0 Å². The molecule has 2 N–H and O–H groups in total. The van der Waals surface area contributed by atoms with E-state index in [1.807, 2.05) is 13.0 Å². The summed E-state index contributed by atoms with van der Waals surface area (Å²) < 4.78 is 13.7. The molecular weight excluding hydrogens is 241 g/mol. The van der Waals surface area contributed by atoms with Crippen molar-refractivity contribution in [1.82, 2.24) is 15.2 Å². The molecule has 0 amide bonds. The van der Waals surface area contributed by atoms with Crippen LogP contribution < -0.4 is 5.32 Å². The molecule has 1 aromatic heterocycles. The summed E-state index contributed by atoms with van der Waals surface area (Å²) in [6.07, 6.45) is 0.981. The number of hydrogen-bond acceptors (Lipinski definition) is 2. The van der Waals surface area contributed by atoms with Crippen LogP contribution in [0.25, 0.3) is 10.9 Å². The van der Waals surface area contributed by atoms with E-state index >= 15 is 0 Å². The minimum absolute atomic E-state index is 0.158. The quantitative estimate of drug-likeness (QED) is 0.886. The highest BCUT2D eigenvalue weighted by molar-refractivity contribution is 5.85. The third kappa shape index (κ3) is 2.51. The maximum Gasteiger partial charge on any atom is 0.147 e. The molecule has 1 aliphatic heterocycles. The van der Waals surface area contributed by atoms with Crippen LogP contribution in [0, 0.1) is 12.7 Å². The highest BCUT2D eigenvalue weighted by Crippen LogP contribution is 2.24. The molecular formula is C15H20FN3. The largest absolute Gasteiger partial charge is 0.356 e. The maximum absolute atomic E-state index is 13.7. The zero-order valence-electron chi connectivity index (χ0n) is 11.3. The van der Waals surface area contributed by atoms with Crippen LogP contribution in [0.4, 0.5) is 4.39 Å². The first-order valence-electron chi connectivity index (χ1n) is 6.94. The Morgan fingerprint density at radius 3 is 2.84 bits per heavy atom. The molecule has 3 rings (SSSR count). The summed E-state index contributed by atoms with van der Waals surface area (Å²) in [6.45, 7) is 7.44. The minimum Gasteiger partial charge on any atom is -0.356 e. The highest BCUT2D eigenvalue weighted by atomic mass is 19.1. The topological polar surface area (TPSA) is 31.1 Å². The number of halogens is 1. The number of aryl methyl sites for hydroxylation is 1. The van der Waals surface area contributed by atoms with Gasteiger partial charge in [0.05, 0.1) is 5.52 Å². The number of fused-ring (bicyclic) bond motifs is 1. The van der Waals surface area contributed by atoms with Crippen LogP contribution in [0.1, 0.15) is 11.3 Å². The number of rotatable bonds is 3. The Morgan fingerprint density at radius 2 is 2.05 bits per heavy atom. The summed E-state index contributed by atoms with van der Waals surface area (Å²) in [5.41, 5.74) is 3.00. The van der Waals surface area contributed by atoms with Crippen molar-refractivity contribution in [2.45, 2.75) is 13.3 Å². The van der Waals surface area contributed by atoms with Gasteiger partial charge in [-0.3, -0.25) is 0 Å². The van der Waals surface area contributed by atoms with Gasteiger partial charge < -0.3 is 15.2 Å². The zero-order chi connectivity index (χ0) is 13.2.